The number of nitrogens with zero attached hydrogens (tertiary/aromatic N) is 3. The van der Waals surface area contributed by atoms with Gasteiger partial charge in [0.2, 0.25) is 0 Å². The molecule has 1 saturated heterocycles. The largest absolute Gasteiger partial charge is 0.448 e. The summed E-state index contributed by atoms with van der Waals surface area (Å²) in [5, 5.41) is 4.87. The topological polar surface area (TPSA) is 81.5 Å². The maximum Gasteiger partial charge on any atom is 0.360 e. The molecule has 3 rings (SSSR count). The number of likely N-dealkylation sites (tertiary alicyclic amines) is 1. The molecule has 1 aliphatic heterocycles. The van der Waals surface area contributed by atoms with Crippen molar-refractivity contribution in [3.05, 3.63) is 40.3 Å². The van der Waals surface area contributed by atoms with Gasteiger partial charge in [-0.05, 0) is 46.1 Å². The van der Waals surface area contributed by atoms with Gasteiger partial charge in [-0.25, -0.2) is 9.48 Å². The Morgan fingerprint density at radius 1 is 1.15 bits per heavy atom. The van der Waals surface area contributed by atoms with Crippen LogP contribution in [0.5, 0.6) is 0 Å². The van der Waals surface area contributed by atoms with E-state index in [1.54, 1.807) is 31.2 Å². The number of benzene rings is 1. The van der Waals surface area contributed by atoms with Crippen molar-refractivity contribution in [3.8, 4) is 0 Å². The van der Waals surface area contributed by atoms with E-state index in [0.29, 0.717) is 10.8 Å². The molecule has 7 heteroatoms. The number of hydrogen-bond donors (Lipinski definition) is 0. The molecule has 1 aliphatic rings. The monoisotopic (exact) mass is 371 g/mol. The minimum atomic E-state index is -0.918. The molecular weight excluding hydrogens is 346 g/mol. The molecule has 1 aromatic carbocycles. The zero-order valence-electron chi connectivity index (χ0n) is 16.1. The summed E-state index contributed by atoms with van der Waals surface area (Å²) in [7, 11) is 1.48. The Labute approximate surface area is 157 Å². The van der Waals surface area contributed by atoms with Crippen LogP contribution in [0.15, 0.2) is 29.1 Å². The fourth-order valence-electron chi connectivity index (χ4n) is 3.78. The predicted octanol–water partition coefficient (Wildman–Crippen LogP) is 2.27. The fourth-order valence-corrected chi connectivity index (χ4v) is 3.78. The lowest BCUT2D eigenvalue weighted by Gasteiger charge is -2.40. The van der Waals surface area contributed by atoms with Crippen molar-refractivity contribution in [3.63, 3.8) is 0 Å². The van der Waals surface area contributed by atoms with Gasteiger partial charge in [-0.15, -0.1) is 0 Å². The molecule has 1 fully saturated rings. The lowest BCUT2D eigenvalue weighted by atomic mass is 9.97. The van der Waals surface area contributed by atoms with Crippen LogP contribution in [0.4, 0.5) is 0 Å². The fraction of sp³-hybridized carbons (Fsp3) is 0.500. The number of rotatable bonds is 3. The summed E-state index contributed by atoms with van der Waals surface area (Å²) in [6.07, 6.45) is 2.07. The standard InChI is InChI=1S/C20H25N3O4/c1-12-8-7-9-13(2)23(12)18(24)14(3)27-20(26)17-15-10-5-6-11-16(15)19(25)22(4)21-17/h5-6,10-14H,7-9H2,1-4H3/t12-,13-,14+/m0/s1. The lowest BCUT2D eigenvalue weighted by Crippen LogP contribution is -2.51. The van der Waals surface area contributed by atoms with Crippen LogP contribution in [0, 0.1) is 0 Å². The summed E-state index contributed by atoms with van der Waals surface area (Å²) in [6.45, 7) is 5.62. The van der Waals surface area contributed by atoms with E-state index in [2.05, 4.69) is 5.10 Å². The van der Waals surface area contributed by atoms with Crippen LogP contribution in [0.3, 0.4) is 0 Å². The summed E-state index contributed by atoms with van der Waals surface area (Å²) in [6, 6.07) is 7.00. The second-order valence-corrected chi connectivity index (χ2v) is 7.24. The van der Waals surface area contributed by atoms with Crippen molar-refractivity contribution >= 4 is 22.6 Å². The van der Waals surface area contributed by atoms with Crippen molar-refractivity contribution in [1.82, 2.24) is 14.7 Å². The Morgan fingerprint density at radius 2 is 1.74 bits per heavy atom. The summed E-state index contributed by atoms with van der Waals surface area (Å²) in [5.41, 5.74) is -0.255. The van der Waals surface area contributed by atoms with Crippen LogP contribution in [-0.4, -0.2) is 44.7 Å². The Balaban J connectivity index is 1.85. The van der Waals surface area contributed by atoms with Crippen molar-refractivity contribution in [2.45, 2.75) is 58.2 Å². The first kappa shape index (κ1) is 19.1. The number of ether oxygens (including phenoxy) is 1. The molecule has 2 heterocycles. The quantitative estimate of drug-likeness (QED) is 0.773. The van der Waals surface area contributed by atoms with E-state index in [-0.39, 0.29) is 29.2 Å². The highest BCUT2D eigenvalue weighted by Gasteiger charge is 2.33. The van der Waals surface area contributed by atoms with Gasteiger partial charge in [-0.3, -0.25) is 9.59 Å². The van der Waals surface area contributed by atoms with Gasteiger partial charge in [0.25, 0.3) is 11.5 Å². The molecule has 1 amide bonds. The van der Waals surface area contributed by atoms with Crippen molar-refractivity contribution in [2.75, 3.05) is 0 Å². The molecule has 1 aromatic heterocycles. The first-order valence-electron chi connectivity index (χ1n) is 9.30. The van der Waals surface area contributed by atoms with Gasteiger partial charge in [-0.2, -0.15) is 5.10 Å². The van der Waals surface area contributed by atoms with Crippen LogP contribution in [0.2, 0.25) is 0 Å². The molecule has 0 spiro atoms. The van der Waals surface area contributed by atoms with E-state index in [0.717, 1.165) is 23.9 Å². The van der Waals surface area contributed by atoms with Gasteiger partial charge in [0, 0.05) is 24.5 Å². The molecule has 0 radical (unpaired) electrons. The van der Waals surface area contributed by atoms with Crippen LogP contribution >= 0.6 is 0 Å². The molecule has 0 unspecified atom stereocenters. The Kier molecular flexibility index (Phi) is 5.30. The van der Waals surface area contributed by atoms with Crippen LogP contribution in [0.1, 0.15) is 50.5 Å². The summed E-state index contributed by atoms with van der Waals surface area (Å²) < 4.78 is 6.55. The van der Waals surface area contributed by atoms with E-state index in [9.17, 15) is 14.4 Å². The molecule has 2 aromatic rings. The minimum Gasteiger partial charge on any atom is -0.448 e. The number of aryl methyl sites for hydroxylation is 1. The third-order valence-corrected chi connectivity index (χ3v) is 5.23. The van der Waals surface area contributed by atoms with E-state index in [4.69, 9.17) is 4.74 Å². The zero-order valence-corrected chi connectivity index (χ0v) is 16.1. The highest BCUT2D eigenvalue weighted by atomic mass is 16.5. The van der Waals surface area contributed by atoms with Crippen molar-refractivity contribution in [2.24, 2.45) is 7.05 Å². The molecule has 3 atom stereocenters. The summed E-state index contributed by atoms with van der Waals surface area (Å²) in [4.78, 5) is 39.6. The maximum absolute atomic E-state index is 12.8. The minimum absolute atomic E-state index is 0.0343. The summed E-state index contributed by atoms with van der Waals surface area (Å²) in [5.74, 6) is -0.905. The van der Waals surface area contributed by atoms with E-state index in [1.165, 1.54) is 7.05 Å². The molecule has 144 valence electrons. The Bertz CT molecular complexity index is 926. The summed E-state index contributed by atoms with van der Waals surface area (Å²) >= 11 is 0. The number of piperidine rings is 1. The van der Waals surface area contributed by atoms with Gasteiger partial charge in [0.1, 0.15) is 0 Å². The first-order chi connectivity index (χ1) is 12.8. The van der Waals surface area contributed by atoms with Gasteiger partial charge in [0.05, 0.1) is 5.39 Å². The normalized spacial score (nSPS) is 21.1. The average molecular weight is 371 g/mol. The maximum atomic E-state index is 12.8. The van der Waals surface area contributed by atoms with E-state index >= 15 is 0 Å². The molecule has 7 nitrogen and oxygen atoms in total. The van der Waals surface area contributed by atoms with Crippen LogP contribution in [-0.2, 0) is 16.6 Å². The van der Waals surface area contributed by atoms with Gasteiger partial charge < -0.3 is 9.64 Å². The van der Waals surface area contributed by atoms with Gasteiger partial charge >= 0.3 is 5.97 Å². The van der Waals surface area contributed by atoms with Gasteiger partial charge in [-0.1, -0.05) is 18.2 Å². The van der Waals surface area contributed by atoms with Crippen LogP contribution < -0.4 is 5.56 Å². The third kappa shape index (κ3) is 3.59. The van der Waals surface area contributed by atoms with Crippen molar-refractivity contribution in [1.29, 1.82) is 0 Å². The smallest absolute Gasteiger partial charge is 0.360 e. The molecular formula is C20H25N3O4. The molecule has 0 bridgehead atoms. The number of amides is 1. The predicted molar refractivity (Wildman–Crippen MR) is 101 cm³/mol. The highest BCUT2D eigenvalue weighted by Crippen LogP contribution is 2.24. The van der Waals surface area contributed by atoms with E-state index in [1.807, 2.05) is 18.7 Å². The Morgan fingerprint density at radius 3 is 2.37 bits per heavy atom. The second-order valence-electron chi connectivity index (χ2n) is 7.24. The number of aromatic nitrogens is 2. The molecule has 0 aliphatic carbocycles. The van der Waals surface area contributed by atoms with E-state index < -0.39 is 12.1 Å². The van der Waals surface area contributed by atoms with Crippen molar-refractivity contribution < 1.29 is 14.3 Å². The number of fused-ring (bicyclic) bond motifs is 1. The lowest BCUT2D eigenvalue weighted by molar-refractivity contribution is -0.146. The highest BCUT2D eigenvalue weighted by molar-refractivity contribution is 6.02. The number of hydrogen-bond acceptors (Lipinski definition) is 5. The van der Waals surface area contributed by atoms with Gasteiger partial charge in [0.15, 0.2) is 11.8 Å². The number of carbonyl (C=O) groups is 2. The molecule has 0 N–H and O–H groups in total. The number of esters is 1. The zero-order chi connectivity index (χ0) is 19.7. The Hall–Kier alpha value is -2.70. The molecule has 27 heavy (non-hydrogen) atoms. The second kappa shape index (κ2) is 7.50. The first-order valence-corrected chi connectivity index (χ1v) is 9.30. The average Bonchev–Trinajstić information content (AvgIpc) is 2.64. The number of carbonyl (C=O) groups excluding carboxylic acids is 2. The SMILES string of the molecule is C[C@@H](OC(=O)c1nn(C)c(=O)c2ccccc12)C(=O)N1[C@@H](C)CCC[C@@H]1C. The third-order valence-electron chi connectivity index (χ3n) is 5.23. The van der Waals surface area contributed by atoms with Crippen LogP contribution in [0.25, 0.3) is 10.8 Å². The molecule has 0 saturated carbocycles.